The molecular formula is C10H18OS. The van der Waals surface area contributed by atoms with Crippen LogP contribution in [0.5, 0.6) is 0 Å². The van der Waals surface area contributed by atoms with Crippen molar-refractivity contribution in [3.8, 4) is 0 Å². The highest BCUT2D eigenvalue weighted by Gasteiger charge is 2.14. The van der Waals surface area contributed by atoms with Gasteiger partial charge in [-0.2, -0.15) is 11.8 Å². The smallest absolute Gasteiger partial charge is 0.129 e. The Hall–Kier alpha value is 0.0200. The molecule has 0 spiro atoms. The number of carbonyl (C=O) groups is 1. The van der Waals surface area contributed by atoms with E-state index in [-0.39, 0.29) is 0 Å². The van der Waals surface area contributed by atoms with E-state index in [1.165, 1.54) is 31.4 Å². The third-order valence-corrected chi connectivity index (χ3v) is 3.80. The number of Topliss-reactive ketones (excluding diaryl/α,β-unsaturated/α-hetero) is 1. The zero-order valence-electron chi connectivity index (χ0n) is 7.84. The first-order valence-corrected chi connectivity index (χ1v) is 5.95. The SMILES string of the molecule is CC(=O)CCCCC1CCCS1. The van der Waals surface area contributed by atoms with Gasteiger partial charge in [0.1, 0.15) is 5.78 Å². The van der Waals surface area contributed by atoms with E-state index in [2.05, 4.69) is 11.8 Å². The molecule has 2 heteroatoms. The van der Waals surface area contributed by atoms with Gasteiger partial charge in [-0.15, -0.1) is 0 Å². The molecule has 1 aliphatic rings. The molecule has 12 heavy (non-hydrogen) atoms. The predicted molar refractivity (Wildman–Crippen MR) is 54.6 cm³/mol. The van der Waals surface area contributed by atoms with Crippen LogP contribution in [0.15, 0.2) is 0 Å². The van der Waals surface area contributed by atoms with Crippen LogP contribution in [0.25, 0.3) is 0 Å². The molecule has 0 bridgehead atoms. The quantitative estimate of drug-likeness (QED) is 0.614. The molecule has 0 radical (unpaired) electrons. The van der Waals surface area contributed by atoms with Crippen LogP contribution >= 0.6 is 11.8 Å². The lowest BCUT2D eigenvalue weighted by Gasteiger charge is -2.06. The predicted octanol–water partition coefficient (Wildman–Crippen LogP) is 3.03. The Bertz CT molecular complexity index is 139. The minimum atomic E-state index is 0.342. The molecule has 1 heterocycles. The summed E-state index contributed by atoms with van der Waals surface area (Å²) in [4.78, 5) is 10.6. The largest absolute Gasteiger partial charge is 0.300 e. The van der Waals surface area contributed by atoms with E-state index in [1.54, 1.807) is 6.92 Å². The average Bonchev–Trinajstić information content (AvgIpc) is 2.49. The van der Waals surface area contributed by atoms with Crippen LogP contribution in [-0.2, 0) is 4.79 Å². The molecule has 1 fully saturated rings. The fourth-order valence-corrected chi connectivity index (χ4v) is 2.95. The third-order valence-electron chi connectivity index (χ3n) is 2.33. The maximum Gasteiger partial charge on any atom is 0.129 e. The van der Waals surface area contributed by atoms with Crippen LogP contribution in [-0.4, -0.2) is 16.8 Å². The molecule has 0 amide bonds. The Labute approximate surface area is 79.3 Å². The first kappa shape index (κ1) is 10.1. The van der Waals surface area contributed by atoms with Crippen molar-refractivity contribution in [2.45, 2.75) is 50.7 Å². The molecule has 0 aromatic heterocycles. The summed E-state index contributed by atoms with van der Waals surface area (Å²) in [6.45, 7) is 1.68. The molecule has 0 aromatic rings. The number of thioether (sulfide) groups is 1. The van der Waals surface area contributed by atoms with Gasteiger partial charge >= 0.3 is 0 Å². The van der Waals surface area contributed by atoms with Crippen molar-refractivity contribution in [3.05, 3.63) is 0 Å². The van der Waals surface area contributed by atoms with Gasteiger partial charge in [-0.1, -0.05) is 6.42 Å². The fourth-order valence-electron chi connectivity index (χ4n) is 1.62. The molecule has 0 saturated carbocycles. The summed E-state index contributed by atoms with van der Waals surface area (Å²) < 4.78 is 0. The van der Waals surface area contributed by atoms with Gasteiger partial charge in [0.15, 0.2) is 0 Å². The Morgan fingerprint density at radius 3 is 2.92 bits per heavy atom. The van der Waals surface area contributed by atoms with Gasteiger partial charge in [-0.3, -0.25) is 0 Å². The van der Waals surface area contributed by atoms with Gasteiger partial charge in [0.05, 0.1) is 0 Å². The maximum absolute atomic E-state index is 10.6. The van der Waals surface area contributed by atoms with Gasteiger partial charge in [-0.25, -0.2) is 0 Å². The van der Waals surface area contributed by atoms with E-state index in [1.807, 2.05) is 0 Å². The summed E-state index contributed by atoms with van der Waals surface area (Å²) in [6.07, 6.45) is 7.28. The highest BCUT2D eigenvalue weighted by Crippen LogP contribution is 2.29. The summed E-state index contributed by atoms with van der Waals surface area (Å²) >= 11 is 2.12. The lowest BCUT2D eigenvalue weighted by molar-refractivity contribution is -0.117. The molecule has 1 unspecified atom stereocenters. The van der Waals surface area contributed by atoms with Crippen molar-refractivity contribution >= 4 is 17.5 Å². The first-order chi connectivity index (χ1) is 5.79. The highest BCUT2D eigenvalue weighted by atomic mass is 32.2. The molecular weight excluding hydrogens is 168 g/mol. The van der Waals surface area contributed by atoms with Crippen LogP contribution in [0.2, 0.25) is 0 Å². The maximum atomic E-state index is 10.6. The molecule has 1 aliphatic heterocycles. The van der Waals surface area contributed by atoms with Gasteiger partial charge in [0.2, 0.25) is 0 Å². The fraction of sp³-hybridized carbons (Fsp3) is 0.900. The van der Waals surface area contributed by atoms with E-state index >= 15 is 0 Å². The number of rotatable bonds is 5. The second-order valence-electron chi connectivity index (χ2n) is 3.58. The molecule has 1 saturated heterocycles. The summed E-state index contributed by atoms with van der Waals surface area (Å²) in [5.41, 5.74) is 0. The van der Waals surface area contributed by atoms with Gasteiger partial charge in [0, 0.05) is 11.7 Å². The Morgan fingerprint density at radius 1 is 1.50 bits per heavy atom. The number of carbonyl (C=O) groups excluding carboxylic acids is 1. The first-order valence-electron chi connectivity index (χ1n) is 4.90. The summed E-state index contributed by atoms with van der Waals surface area (Å²) in [5, 5.41) is 0.914. The van der Waals surface area contributed by atoms with Crippen molar-refractivity contribution in [3.63, 3.8) is 0 Å². The molecule has 0 N–H and O–H groups in total. The normalized spacial score (nSPS) is 22.9. The summed E-state index contributed by atoms with van der Waals surface area (Å²) in [7, 11) is 0. The lowest BCUT2D eigenvalue weighted by atomic mass is 10.1. The third kappa shape index (κ3) is 4.15. The standard InChI is InChI=1S/C10H18OS/c1-9(11)5-2-3-6-10-7-4-8-12-10/h10H,2-8H2,1H3. The van der Waals surface area contributed by atoms with E-state index in [0.717, 1.165) is 18.1 Å². The van der Waals surface area contributed by atoms with Gasteiger partial charge in [0.25, 0.3) is 0 Å². The molecule has 1 nitrogen and oxygen atoms in total. The second-order valence-corrected chi connectivity index (χ2v) is 4.99. The van der Waals surface area contributed by atoms with E-state index in [4.69, 9.17) is 0 Å². The van der Waals surface area contributed by atoms with Crippen molar-refractivity contribution < 1.29 is 4.79 Å². The summed E-state index contributed by atoms with van der Waals surface area (Å²) in [5.74, 6) is 1.70. The molecule has 0 aromatic carbocycles. The average molecular weight is 186 g/mol. The summed E-state index contributed by atoms with van der Waals surface area (Å²) in [6, 6.07) is 0. The van der Waals surface area contributed by atoms with E-state index in [9.17, 15) is 4.79 Å². The minimum absolute atomic E-state index is 0.342. The zero-order chi connectivity index (χ0) is 8.81. The molecule has 70 valence electrons. The van der Waals surface area contributed by atoms with Crippen molar-refractivity contribution in [2.24, 2.45) is 0 Å². The van der Waals surface area contributed by atoms with Gasteiger partial charge < -0.3 is 4.79 Å². The van der Waals surface area contributed by atoms with Crippen LogP contribution in [0.4, 0.5) is 0 Å². The Kier molecular flexibility index (Phi) is 4.74. The van der Waals surface area contributed by atoms with Crippen molar-refractivity contribution in [1.29, 1.82) is 0 Å². The molecule has 1 rings (SSSR count). The zero-order valence-corrected chi connectivity index (χ0v) is 8.66. The number of unbranched alkanes of at least 4 members (excludes halogenated alkanes) is 1. The van der Waals surface area contributed by atoms with Gasteiger partial charge in [-0.05, 0) is 38.4 Å². The van der Waals surface area contributed by atoms with Crippen molar-refractivity contribution in [1.82, 2.24) is 0 Å². The topological polar surface area (TPSA) is 17.1 Å². The van der Waals surface area contributed by atoms with E-state index in [0.29, 0.717) is 5.78 Å². The van der Waals surface area contributed by atoms with Crippen LogP contribution in [0.1, 0.15) is 45.4 Å². The lowest BCUT2D eigenvalue weighted by Crippen LogP contribution is -1.97. The highest BCUT2D eigenvalue weighted by molar-refractivity contribution is 8.00. The number of hydrogen-bond acceptors (Lipinski definition) is 2. The van der Waals surface area contributed by atoms with Crippen LogP contribution in [0.3, 0.4) is 0 Å². The minimum Gasteiger partial charge on any atom is -0.300 e. The Morgan fingerprint density at radius 2 is 2.33 bits per heavy atom. The van der Waals surface area contributed by atoms with E-state index < -0.39 is 0 Å². The molecule has 1 atom stereocenters. The number of ketones is 1. The van der Waals surface area contributed by atoms with Crippen LogP contribution < -0.4 is 0 Å². The van der Waals surface area contributed by atoms with Crippen LogP contribution in [0, 0.1) is 0 Å². The van der Waals surface area contributed by atoms with Crippen molar-refractivity contribution in [2.75, 3.05) is 5.75 Å². The second kappa shape index (κ2) is 5.63. The number of hydrogen-bond donors (Lipinski definition) is 0. The monoisotopic (exact) mass is 186 g/mol. The Balaban J connectivity index is 1.91. The molecule has 0 aliphatic carbocycles.